The quantitative estimate of drug-likeness (QED) is 0.536. The number of hydrogen-bond donors (Lipinski definition) is 0. The Hall–Kier alpha value is -0.780. The van der Waals surface area contributed by atoms with Crippen LogP contribution in [0.2, 0.25) is 0 Å². The normalized spacial score (nSPS) is 17.1. The van der Waals surface area contributed by atoms with Crippen LogP contribution in [-0.4, -0.2) is 0 Å². The van der Waals surface area contributed by atoms with Gasteiger partial charge in [0.05, 0.1) is 0 Å². The van der Waals surface area contributed by atoms with Crippen molar-refractivity contribution < 1.29 is 0 Å². The van der Waals surface area contributed by atoms with Crippen LogP contribution in [0.4, 0.5) is 0 Å². The van der Waals surface area contributed by atoms with E-state index in [2.05, 4.69) is 26.5 Å². The van der Waals surface area contributed by atoms with Gasteiger partial charge in [0.15, 0.2) is 0 Å². The Balaban J connectivity index is 2.67. The number of rotatable bonds is 3. The summed E-state index contributed by atoms with van der Waals surface area (Å²) in [7, 11) is 0. The zero-order valence-corrected chi connectivity index (χ0v) is 7.48. The lowest BCUT2D eigenvalue weighted by atomic mass is 10.1. The Morgan fingerprint density at radius 1 is 1.64 bits per heavy atom. The van der Waals surface area contributed by atoms with Crippen LogP contribution in [0.25, 0.3) is 0 Å². The van der Waals surface area contributed by atoms with Crippen molar-refractivity contribution in [1.29, 1.82) is 0 Å². The van der Waals surface area contributed by atoms with E-state index in [-0.39, 0.29) is 0 Å². The van der Waals surface area contributed by atoms with Gasteiger partial charge in [-0.2, -0.15) is 0 Å². The second-order valence-corrected chi connectivity index (χ2v) is 3.13. The minimum atomic E-state index is 1.04. The Bertz CT molecular complexity index is 216. The van der Waals surface area contributed by atoms with Crippen molar-refractivity contribution in [2.75, 3.05) is 0 Å². The maximum absolute atomic E-state index is 3.75. The fraction of sp³-hybridized carbons (Fsp3) is 0.455. The molecule has 0 aliphatic heterocycles. The summed E-state index contributed by atoms with van der Waals surface area (Å²) >= 11 is 0. The smallest absolute Gasteiger partial charge is 0.0101 e. The van der Waals surface area contributed by atoms with Crippen LogP contribution in [0.5, 0.6) is 0 Å². The molecule has 0 fully saturated rings. The molecular formula is C11H16. The highest BCUT2D eigenvalue weighted by Gasteiger charge is 2.08. The summed E-state index contributed by atoms with van der Waals surface area (Å²) in [5.41, 5.74) is 4.58. The SMILES string of the molecule is C=CCC1=C(C)CC(CC)=C1. The van der Waals surface area contributed by atoms with Crippen LogP contribution in [0, 0.1) is 0 Å². The van der Waals surface area contributed by atoms with E-state index in [1.54, 1.807) is 5.57 Å². The summed E-state index contributed by atoms with van der Waals surface area (Å²) < 4.78 is 0. The summed E-state index contributed by atoms with van der Waals surface area (Å²) in [6, 6.07) is 0. The molecule has 0 aromatic carbocycles. The van der Waals surface area contributed by atoms with Crippen molar-refractivity contribution in [2.45, 2.75) is 33.1 Å². The highest BCUT2D eigenvalue weighted by atomic mass is 14.1. The molecule has 0 aromatic heterocycles. The fourth-order valence-corrected chi connectivity index (χ4v) is 1.49. The standard InChI is InChI=1S/C11H16/c1-4-6-11-8-10(5-2)7-9(11)3/h4,8H,1,5-7H2,2-3H3. The molecule has 0 bridgehead atoms. The molecule has 1 aliphatic rings. The van der Waals surface area contributed by atoms with Crippen molar-refractivity contribution in [3.05, 3.63) is 35.5 Å². The number of hydrogen-bond acceptors (Lipinski definition) is 0. The van der Waals surface area contributed by atoms with E-state index in [0.29, 0.717) is 0 Å². The van der Waals surface area contributed by atoms with E-state index >= 15 is 0 Å². The van der Waals surface area contributed by atoms with E-state index in [0.717, 1.165) is 6.42 Å². The molecule has 0 aromatic rings. The molecule has 0 unspecified atom stereocenters. The lowest BCUT2D eigenvalue weighted by molar-refractivity contribution is 1.01. The first-order valence-corrected chi connectivity index (χ1v) is 4.27. The van der Waals surface area contributed by atoms with E-state index < -0.39 is 0 Å². The molecule has 0 nitrogen and oxygen atoms in total. The average Bonchev–Trinajstić information content (AvgIpc) is 2.33. The van der Waals surface area contributed by atoms with E-state index in [1.165, 1.54) is 24.0 Å². The first-order chi connectivity index (χ1) is 5.27. The van der Waals surface area contributed by atoms with Gasteiger partial charge < -0.3 is 0 Å². The molecule has 11 heavy (non-hydrogen) atoms. The fourth-order valence-electron chi connectivity index (χ4n) is 1.49. The Labute approximate surface area is 69.3 Å². The van der Waals surface area contributed by atoms with Gasteiger partial charge in [0.1, 0.15) is 0 Å². The van der Waals surface area contributed by atoms with Gasteiger partial charge in [-0.25, -0.2) is 0 Å². The van der Waals surface area contributed by atoms with Crippen LogP contribution in [-0.2, 0) is 0 Å². The summed E-state index contributed by atoms with van der Waals surface area (Å²) in [5.74, 6) is 0. The van der Waals surface area contributed by atoms with Crippen molar-refractivity contribution in [3.63, 3.8) is 0 Å². The zero-order valence-electron chi connectivity index (χ0n) is 7.48. The van der Waals surface area contributed by atoms with Crippen molar-refractivity contribution in [3.8, 4) is 0 Å². The van der Waals surface area contributed by atoms with E-state index in [4.69, 9.17) is 0 Å². The molecule has 60 valence electrons. The van der Waals surface area contributed by atoms with E-state index in [9.17, 15) is 0 Å². The molecule has 0 N–H and O–H groups in total. The predicted molar refractivity (Wildman–Crippen MR) is 50.5 cm³/mol. The van der Waals surface area contributed by atoms with Gasteiger partial charge in [0.2, 0.25) is 0 Å². The molecule has 0 amide bonds. The largest absolute Gasteiger partial charge is 0.103 e. The second kappa shape index (κ2) is 3.56. The van der Waals surface area contributed by atoms with Gasteiger partial charge in [-0.15, -0.1) is 6.58 Å². The molecular weight excluding hydrogens is 132 g/mol. The highest BCUT2D eigenvalue weighted by Crippen LogP contribution is 2.28. The topological polar surface area (TPSA) is 0 Å². The molecule has 0 radical (unpaired) electrons. The lowest BCUT2D eigenvalue weighted by Crippen LogP contribution is -1.76. The maximum Gasteiger partial charge on any atom is -0.0101 e. The van der Waals surface area contributed by atoms with Gasteiger partial charge >= 0.3 is 0 Å². The first kappa shape index (κ1) is 8.32. The molecule has 0 heteroatoms. The van der Waals surface area contributed by atoms with Gasteiger partial charge in [0.25, 0.3) is 0 Å². The average molecular weight is 148 g/mol. The lowest BCUT2D eigenvalue weighted by Gasteiger charge is -1.95. The molecule has 0 atom stereocenters. The monoisotopic (exact) mass is 148 g/mol. The third-order valence-corrected chi connectivity index (χ3v) is 2.24. The maximum atomic E-state index is 3.75. The Morgan fingerprint density at radius 2 is 2.36 bits per heavy atom. The van der Waals surface area contributed by atoms with Crippen LogP contribution in [0.1, 0.15) is 33.1 Å². The molecule has 0 saturated carbocycles. The van der Waals surface area contributed by atoms with Crippen molar-refractivity contribution >= 4 is 0 Å². The van der Waals surface area contributed by atoms with Crippen LogP contribution in [0.3, 0.4) is 0 Å². The molecule has 1 rings (SSSR count). The van der Waals surface area contributed by atoms with Crippen molar-refractivity contribution in [1.82, 2.24) is 0 Å². The third-order valence-electron chi connectivity index (χ3n) is 2.24. The summed E-state index contributed by atoms with van der Waals surface area (Å²) in [4.78, 5) is 0. The Kier molecular flexibility index (Phi) is 2.70. The summed E-state index contributed by atoms with van der Waals surface area (Å²) in [6.07, 6.45) is 7.73. The van der Waals surface area contributed by atoms with Gasteiger partial charge in [-0.05, 0) is 31.8 Å². The molecule has 0 spiro atoms. The first-order valence-electron chi connectivity index (χ1n) is 4.27. The summed E-state index contributed by atoms with van der Waals surface area (Å²) in [6.45, 7) is 8.18. The number of allylic oxidation sites excluding steroid dienone is 5. The van der Waals surface area contributed by atoms with Crippen LogP contribution < -0.4 is 0 Å². The van der Waals surface area contributed by atoms with Gasteiger partial charge in [-0.3, -0.25) is 0 Å². The minimum Gasteiger partial charge on any atom is -0.103 e. The third kappa shape index (κ3) is 1.83. The molecule has 0 saturated heterocycles. The van der Waals surface area contributed by atoms with E-state index in [1.807, 2.05) is 6.08 Å². The Morgan fingerprint density at radius 3 is 2.82 bits per heavy atom. The van der Waals surface area contributed by atoms with Gasteiger partial charge in [0, 0.05) is 0 Å². The summed E-state index contributed by atoms with van der Waals surface area (Å²) in [5, 5.41) is 0. The van der Waals surface area contributed by atoms with Gasteiger partial charge in [-0.1, -0.05) is 30.2 Å². The van der Waals surface area contributed by atoms with Crippen LogP contribution in [0.15, 0.2) is 35.5 Å². The van der Waals surface area contributed by atoms with Crippen LogP contribution >= 0.6 is 0 Å². The minimum absolute atomic E-state index is 1.04. The molecule has 1 aliphatic carbocycles. The zero-order chi connectivity index (χ0) is 8.27. The highest BCUT2D eigenvalue weighted by molar-refractivity contribution is 5.38. The molecule has 0 heterocycles. The second-order valence-electron chi connectivity index (χ2n) is 3.13. The predicted octanol–water partition coefficient (Wildman–Crippen LogP) is 3.62. The van der Waals surface area contributed by atoms with Crippen molar-refractivity contribution in [2.24, 2.45) is 0 Å².